The van der Waals surface area contributed by atoms with Crippen LogP contribution in [0.4, 0.5) is 22.0 Å². The normalized spacial score (nSPS) is 19.4. The van der Waals surface area contributed by atoms with Crippen LogP contribution in [0.15, 0.2) is 77.7 Å². The third-order valence-electron chi connectivity index (χ3n) is 7.69. The van der Waals surface area contributed by atoms with Gasteiger partial charge in [0.2, 0.25) is 15.9 Å². The molecule has 2 heterocycles. The summed E-state index contributed by atoms with van der Waals surface area (Å²) in [5.41, 5.74) is 0.864. The first-order chi connectivity index (χ1) is 20.8. The lowest BCUT2D eigenvalue weighted by molar-refractivity contribution is -0.137. The lowest BCUT2D eigenvalue weighted by Gasteiger charge is -2.33. The van der Waals surface area contributed by atoms with Crippen molar-refractivity contribution >= 4 is 15.9 Å². The van der Waals surface area contributed by atoms with E-state index in [1.165, 1.54) is 0 Å². The number of fused-ring (bicyclic) bond motifs is 1. The van der Waals surface area contributed by atoms with Gasteiger partial charge in [-0.15, -0.1) is 0 Å². The average Bonchev–Trinajstić information content (AvgIpc) is 2.96. The van der Waals surface area contributed by atoms with Crippen LogP contribution in [0.25, 0.3) is 0 Å². The molecular formula is C31H32F5N3O4S. The maximum Gasteiger partial charge on any atom is 0.416 e. The summed E-state index contributed by atoms with van der Waals surface area (Å²) < 4.78 is 102. The van der Waals surface area contributed by atoms with E-state index >= 15 is 0 Å². The third kappa shape index (κ3) is 7.93. The SMILES string of the molecule is O=C(CC(NS(=O)(=O)c1cccc(C(F)(F)F)c1)c1ccccc1)N[C@@H]1CCOc2cc(CN3CCCC(F)(F)C3)ccc21. The summed E-state index contributed by atoms with van der Waals surface area (Å²) >= 11 is 0. The molecule has 1 amide bonds. The van der Waals surface area contributed by atoms with E-state index in [9.17, 15) is 35.2 Å². The quantitative estimate of drug-likeness (QED) is 0.282. The highest BCUT2D eigenvalue weighted by molar-refractivity contribution is 7.89. The zero-order valence-electron chi connectivity index (χ0n) is 23.6. The first-order valence-corrected chi connectivity index (χ1v) is 15.7. The minimum Gasteiger partial charge on any atom is -0.493 e. The molecule has 3 aromatic carbocycles. The summed E-state index contributed by atoms with van der Waals surface area (Å²) in [6, 6.07) is 15.6. The number of piperidine rings is 1. The lowest BCUT2D eigenvalue weighted by atomic mass is 9.97. The molecule has 44 heavy (non-hydrogen) atoms. The molecule has 3 aromatic rings. The molecule has 1 fully saturated rings. The predicted octanol–water partition coefficient (Wildman–Crippen LogP) is 5.99. The Labute approximate surface area is 252 Å². The average molecular weight is 638 g/mol. The maximum atomic E-state index is 13.9. The summed E-state index contributed by atoms with van der Waals surface area (Å²) in [6.45, 7) is 0.914. The van der Waals surface area contributed by atoms with E-state index in [0.717, 1.165) is 23.8 Å². The van der Waals surface area contributed by atoms with Gasteiger partial charge in [0, 0.05) is 31.4 Å². The summed E-state index contributed by atoms with van der Waals surface area (Å²) in [5.74, 6) is -2.66. The number of benzene rings is 3. The molecular weight excluding hydrogens is 605 g/mol. The van der Waals surface area contributed by atoms with Crippen LogP contribution in [-0.4, -0.2) is 44.8 Å². The monoisotopic (exact) mass is 637 g/mol. The van der Waals surface area contributed by atoms with Crippen molar-refractivity contribution in [2.24, 2.45) is 0 Å². The zero-order chi connectivity index (χ0) is 31.5. The van der Waals surface area contributed by atoms with E-state index in [1.54, 1.807) is 47.4 Å². The molecule has 0 spiro atoms. The first kappa shape index (κ1) is 31.9. The molecule has 0 bridgehead atoms. The van der Waals surface area contributed by atoms with Gasteiger partial charge in [0.05, 0.1) is 35.7 Å². The van der Waals surface area contributed by atoms with Crippen LogP contribution >= 0.6 is 0 Å². The largest absolute Gasteiger partial charge is 0.493 e. The highest BCUT2D eigenvalue weighted by atomic mass is 32.2. The molecule has 5 rings (SSSR count). The highest BCUT2D eigenvalue weighted by Gasteiger charge is 2.35. The molecule has 2 aliphatic heterocycles. The van der Waals surface area contributed by atoms with Gasteiger partial charge >= 0.3 is 6.18 Å². The smallest absolute Gasteiger partial charge is 0.416 e. The predicted molar refractivity (Wildman–Crippen MR) is 152 cm³/mol. The number of nitrogens with one attached hydrogen (secondary N) is 2. The van der Waals surface area contributed by atoms with Crippen LogP contribution in [0.1, 0.15) is 60.0 Å². The molecule has 0 aliphatic carbocycles. The molecule has 236 valence electrons. The minimum atomic E-state index is -4.73. The van der Waals surface area contributed by atoms with Crippen molar-refractivity contribution in [3.63, 3.8) is 0 Å². The van der Waals surface area contributed by atoms with Crippen molar-refractivity contribution in [2.75, 3.05) is 19.7 Å². The summed E-state index contributed by atoms with van der Waals surface area (Å²) in [4.78, 5) is 14.4. The van der Waals surface area contributed by atoms with Gasteiger partial charge in [-0.3, -0.25) is 9.69 Å². The number of halogens is 5. The lowest BCUT2D eigenvalue weighted by Crippen LogP contribution is -2.42. The summed E-state index contributed by atoms with van der Waals surface area (Å²) in [5, 5.41) is 2.93. The number of alkyl halides is 5. The number of hydrogen-bond acceptors (Lipinski definition) is 5. The van der Waals surface area contributed by atoms with E-state index in [0.29, 0.717) is 55.5 Å². The molecule has 2 atom stereocenters. The van der Waals surface area contributed by atoms with Crippen LogP contribution in [0.2, 0.25) is 0 Å². The van der Waals surface area contributed by atoms with Crippen molar-refractivity contribution in [2.45, 2.75) is 61.3 Å². The van der Waals surface area contributed by atoms with Crippen molar-refractivity contribution in [3.05, 3.63) is 95.1 Å². The van der Waals surface area contributed by atoms with Gasteiger partial charge < -0.3 is 10.1 Å². The molecule has 0 aromatic heterocycles. The number of amides is 1. The second kappa shape index (κ2) is 12.8. The van der Waals surface area contributed by atoms with Gasteiger partial charge in [-0.1, -0.05) is 48.5 Å². The van der Waals surface area contributed by atoms with Crippen LogP contribution in [0, 0.1) is 0 Å². The van der Waals surface area contributed by atoms with Crippen molar-refractivity contribution < 1.29 is 39.9 Å². The Morgan fingerprint density at radius 3 is 2.55 bits per heavy atom. The number of hydrogen-bond donors (Lipinski definition) is 2. The fourth-order valence-corrected chi connectivity index (χ4v) is 6.84. The molecule has 2 aliphatic rings. The first-order valence-electron chi connectivity index (χ1n) is 14.2. The Bertz CT molecular complexity index is 1580. The molecule has 13 heteroatoms. The van der Waals surface area contributed by atoms with Gasteiger partial charge in [-0.25, -0.2) is 21.9 Å². The second-order valence-corrected chi connectivity index (χ2v) is 12.8. The van der Waals surface area contributed by atoms with Crippen LogP contribution in [0.5, 0.6) is 5.75 Å². The van der Waals surface area contributed by atoms with Gasteiger partial charge in [0.15, 0.2) is 0 Å². The number of nitrogens with zero attached hydrogens (tertiary/aromatic N) is 1. The second-order valence-electron chi connectivity index (χ2n) is 11.1. The molecule has 7 nitrogen and oxygen atoms in total. The van der Waals surface area contributed by atoms with Gasteiger partial charge in [-0.05, 0) is 48.4 Å². The van der Waals surface area contributed by atoms with E-state index in [2.05, 4.69) is 10.0 Å². The van der Waals surface area contributed by atoms with Crippen LogP contribution in [-0.2, 0) is 27.5 Å². The van der Waals surface area contributed by atoms with Crippen molar-refractivity contribution in [3.8, 4) is 5.75 Å². The fraction of sp³-hybridized carbons (Fsp3) is 0.387. The Morgan fingerprint density at radius 1 is 1.05 bits per heavy atom. The van der Waals surface area contributed by atoms with Gasteiger partial charge in [0.25, 0.3) is 5.92 Å². The number of likely N-dealkylation sites (tertiary alicyclic amines) is 1. The van der Waals surface area contributed by atoms with Crippen LogP contribution < -0.4 is 14.8 Å². The number of carbonyl (C=O) groups is 1. The Balaban J connectivity index is 1.29. The molecule has 1 saturated heterocycles. The van der Waals surface area contributed by atoms with Gasteiger partial charge in [0.1, 0.15) is 5.75 Å². The Kier molecular flexibility index (Phi) is 9.28. The molecule has 0 radical (unpaired) electrons. The summed E-state index contributed by atoms with van der Waals surface area (Å²) in [6.07, 6.45) is -4.30. The minimum absolute atomic E-state index is 0.115. The number of rotatable bonds is 9. The summed E-state index contributed by atoms with van der Waals surface area (Å²) in [7, 11) is -4.44. The van der Waals surface area contributed by atoms with E-state index in [1.807, 2.05) is 6.07 Å². The molecule has 2 N–H and O–H groups in total. The highest BCUT2D eigenvalue weighted by Crippen LogP contribution is 2.35. The van der Waals surface area contributed by atoms with Gasteiger partial charge in [-0.2, -0.15) is 13.2 Å². The van der Waals surface area contributed by atoms with E-state index in [4.69, 9.17) is 4.74 Å². The van der Waals surface area contributed by atoms with E-state index < -0.39 is 50.6 Å². The Morgan fingerprint density at radius 2 is 1.82 bits per heavy atom. The van der Waals surface area contributed by atoms with Crippen molar-refractivity contribution in [1.29, 1.82) is 0 Å². The van der Waals surface area contributed by atoms with E-state index in [-0.39, 0.29) is 19.4 Å². The third-order valence-corrected chi connectivity index (χ3v) is 9.16. The Hall–Kier alpha value is -3.55. The van der Waals surface area contributed by atoms with Crippen molar-refractivity contribution in [1.82, 2.24) is 14.9 Å². The molecule has 1 unspecified atom stereocenters. The number of ether oxygens (including phenoxy) is 1. The maximum absolute atomic E-state index is 13.9. The fourth-order valence-electron chi connectivity index (χ4n) is 5.57. The number of sulfonamides is 1. The zero-order valence-corrected chi connectivity index (χ0v) is 24.4. The standard InChI is InChI=1S/C31H32F5N3O4S/c32-30(33)13-5-14-39(20-30)19-21-10-11-25-26(12-15-43-28(25)16-21)37-29(40)18-27(22-6-2-1-3-7-22)38-44(41,42)24-9-4-8-23(17-24)31(34,35)36/h1-4,6-11,16-17,26-27,38H,5,12-15,18-20H2,(H,37,40)/t26-,27?/m1/s1. The molecule has 0 saturated carbocycles. The number of carbonyl (C=O) groups excluding carboxylic acids is 1. The topological polar surface area (TPSA) is 87.7 Å². The van der Waals surface area contributed by atoms with Crippen LogP contribution in [0.3, 0.4) is 0 Å².